The Hall–Kier alpha value is -2.36. The molecule has 0 aliphatic heterocycles. The van der Waals surface area contributed by atoms with Crippen LogP contribution in [0.15, 0.2) is 47.3 Å². The number of hydrogen-bond donors (Lipinski definition) is 0. The molecule has 0 bridgehead atoms. The van der Waals surface area contributed by atoms with E-state index in [1.54, 1.807) is 6.20 Å². The van der Waals surface area contributed by atoms with Crippen molar-refractivity contribution in [3.05, 3.63) is 59.9 Å². The molecule has 0 N–H and O–H groups in total. The molecule has 0 aromatic carbocycles. The molecule has 0 saturated heterocycles. The third kappa shape index (κ3) is 2.13. The van der Waals surface area contributed by atoms with E-state index in [2.05, 4.69) is 34.4 Å². The van der Waals surface area contributed by atoms with Crippen molar-refractivity contribution in [3.63, 3.8) is 0 Å². The summed E-state index contributed by atoms with van der Waals surface area (Å²) in [6, 6.07) is 8.04. The smallest absolute Gasteiger partial charge is 0.176 e. The lowest BCUT2D eigenvalue weighted by Crippen LogP contribution is -2.10. The molecule has 3 aromatic heterocycles. The summed E-state index contributed by atoms with van der Waals surface area (Å²) >= 11 is 0. The molecule has 0 aliphatic rings. The van der Waals surface area contributed by atoms with Gasteiger partial charge in [0.15, 0.2) is 11.6 Å². The van der Waals surface area contributed by atoms with E-state index in [0.717, 1.165) is 23.0 Å². The molecule has 20 heavy (non-hydrogen) atoms. The highest BCUT2D eigenvalue weighted by Crippen LogP contribution is 2.26. The zero-order valence-electron chi connectivity index (χ0n) is 11.9. The van der Waals surface area contributed by atoms with Crippen molar-refractivity contribution in [2.24, 2.45) is 0 Å². The van der Waals surface area contributed by atoms with Gasteiger partial charge in [0.1, 0.15) is 5.76 Å². The molecule has 0 radical (unpaired) electrons. The summed E-state index contributed by atoms with van der Waals surface area (Å²) in [4.78, 5) is 8.91. The second-order valence-corrected chi connectivity index (χ2v) is 4.95. The maximum absolute atomic E-state index is 5.68. The largest absolute Gasteiger partial charge is 0.458 e. The highest BCUT2D eigenvalue weighted by Gasteiger charge is 2.17. The van der Waals surface area contributed by atoms with Crippen LogP contribution in [0.1, 0.15) is 30.0 Å². The lowest BCUT2D eigenvalue weighted by Gasteiger charge is -2.16. The van der Waals surface area contributed by atoms with Gasteiger partial charge in [0.05, 0.1) is 11.7 Å². The first-order chi connectivity index (χ1) is 9.66. The van der Waals surface area contributed by atoms with Crippen LogP contribution in [0.25, 0.3) is 11.6 Å². The number of pyridine rings is 1. The molecule has 1 unspecified atom stereocenters. The van der Waals surface area contributed by atoms with Crippen LogP contribution in [-0.4, -0.2) is 14.5 Å². The van der Waals surface area contributed by atoms with Crippen LogP contribution < -0.4 is 0 Å². The van der Waals surface area contributed by atoms with Gasteiger partial charge in [0.2, 0.25) is 0 Å². The Bertz CT molecular complexity index is 727. The minimum Gasteiger partial charge on any atom is -0.458 e. The van der Waals surface area contributed by atoms with Gasteiger partial charge in [-0.05, 0) is 44.5 Å². The Morgan fingerprint density at radius 1 is 1.10 bits per heavy atom. The van der Waals surface area contributed by atoms with Crippen molar-refractivity contribution in [2.45, 2.75) is 26.8 Å². The highest BCUT2D eigenvalue weighted by molar-refractivity contribution is 5.48. The predicted molar refractivity (Wildman–Crippen MR) is 77.5 cm³/mol. The molecule has 0 spiro atoms. The van der Waals surface area contributed by atoms with Crippen LogP contribution in [-0.2, 0) is 0 Å². The van der Waals surface area contributed by atoms with Crippen LogP contribution in [0.4, 0.5) is 0 Å². The molecular weight excluding hydrogens is 250 g/mol. The van der Waals surface area contributed by atoms with Gasteiger partial charge in [-0.1, -0.05) is 6.07 Å². The third-order valence-electron chi connectivity index (χ3n) is 3.49. The fraction of sp³-hybridized carbons (Fsp3) is 0.250. The van der Waals surface area contributed by atoms with E-state index in [0.29, 0.717) is 0 Å². The molecule has 102 valence electrons. The summed E-state index contributed by atoms with van der Waals surface area (Å²) in [5.74, 6) is 2.50. The average molecular weight is 267 g/mol. The molecule has 0 fully saturated rings. The Balaban J connectivity index is 2.04. The topological polar surface area (TPSA) is 43.9 Å². The van der Waals surface area contributed by atoms with E-state index in [1.807, 2.05) is 37.5 Å². The fourth-order valence-corrected chi connectivity index (χ4v) is 2.44. The summed E-state index contributed by atoms with van der Waals surface area (Å²) in [6.07, 6.45) is 5.58. The van der Waals surface area contributed by atoms with Gasteiger partial charge in [-0.25, -0.2) is 4.98 Å². The predicted octanol–water partition coefficient (Wildman–Crippen LogP) is 3.76. The Kier molecular flexibility index (Phi) is 3.14. The number of aryl methyl sites for hydroxylation is 2. The maximum atomic E-state index is 5.68. The van der Waals surface area contributed by atoms with Crippen LogP contribution >= 0.6 is 0 Å². The summed E-state index contributed by atoms with van der Waals surface area (Å²) in [6.45, 7) is 6.13. The molecule has 4 nitrogen and oxygen atoms in total. The van der Waals surface area contributed by atoms with Crippen molar-refractivity contribution < 1.29 is 4.42 Å². The zero-order chi connectivity index (χ0) is 14.1. The standard InChI is InChI=1S/C16H17N3O/c1-11-5-4-8-17-15(11)13(3)19-10-9-18-16(19)14-7-6-12(2)20-14/h4-10,13H,1-3H3. The maximum Gasteiger partial charge on any atom is 0.176 e. The van der Waals surface area contributed by atoms with E-state index in [1.165, 1.54) is 5.56 Å². The lowest BCUT2D eigenvalue weighted by atomic mass is 10.1. The second-order valence-electron chi connectivity index (χ2n) is 4.95. The van der Waals surface area contributed by atoms with Gasteiger partial charge >= 0.3 is 0 Å². The van der Waals surface area contributed by atoms with Crippen molar-refractivity contribution in [1.29, 1.82) is 0 Å². The van der Waals surface area contributed by atoms with Gasteiger partial charge in [0, 0.05) is 18.6 Å². The summed E-state index contributed by atoms with van der Waals surface area (Å²) in [5.41, 5.74) is 2.23. The molecule has 0 aliphatic carbocycles. The van der Waals surface area contributed by atoms with Gasteiger partial charge in [-0.3, -0.25) is 4.98 Å². The number of nitrogens with zero attached hydrogens (tertiary/aromatic N) is 3. The lowest BCUT2D eigenvalue weighted by molar-refractivity contribution is 0.531. The average Bonchev–Trinajstić information content (AvgIpc) is 3.06. The fourth-order valence-electron chi connectivity index (χ4n) is 2.44. The van der Waals surface area contributed by atoms with Gasteiger partial charge in [-0.2, -0.15) is 0 Å². The molecule has 0 saturated carbocycles. The van der Waals surface area contributed by atoms with Crippen molar-refractivity contribution in [3.8, 4) is 11.6 Å². The zero-order valence-corrected chi connectivity index (χ0v) is 11.9. The van der Waals surface area contributed by atoms with Crippen LogP contribution in [0, 0.1) is 13.8 Å². The summed E-state index contributed by atoms with van der Waals surface area (Å²) in [5, 5.41) is 0. The SMILES string of the molecule is Cc1ccc(-c2nccn2C(C)c2ncccc2C)o1. The van der Waals surface area contributed by atoms with E-state index in [-0.39, 0.29) is 6.04 Å². The highest BCUT2D eigenvalue weighted by atomic mass is 16.3. The molecular formula is C16H17N3O. The van der Waals surface area contributed by atoms with Crippen molar-refractivity contribution in [1.82, 2.24) is 14.5 Å². The van der Waals surface area contributed by atoms with Gasteiger partial charge in [-0.15, -0.1) is 0 Å². The normalized spacial score (nSPS) is 12.6. The number of aromatic nitrogens is 3. The molecule has 3 rings (SSSR count). The molecule has 3 heterocycles. The van der Waals surface area contributed by atoms with E-state index >= 15 is 0 Å². The second kappa shape index (κ2) is 4.96. The Labute approximate surface area is 118 Å². The molecule has 4 heteroatoms. The van der Waals surface area contributed by atoms with E-state index in [4.69, 9.17) is 4.42 Å². The van der Waals surface area contributed by atoms with Gasteiger partial charge in [0.25, 0.3) is 0 Å². The Morgan fingerprint density at radius 3 is 2.65 bits per heavy atom. The van der Waals surface area contributed by atoms with Crippen LogP contribution in [0.3, 0.4) is 0 Å². The molecule has 3 aromatic rings. The minimum absolute atomic E-state index is 0.110. The number of rotatable bonds is 3. The first-order valence-electron chi connectivity index (χ1n) is 6.68. The quantitative estimate of drug-likeness (QED) is 0.725. The van der Waals surface area contributed by atoms with Crippen molar-refractivity contribution in [2.75, 3.05) is 0 Å². The monoisotopic (exact) mass is 267 g/mol. The third-order valence-corrected chi connectivity index (χ3v) is 3.49. The summed E-state index contributed by atoms with van der Waals surface area (Å²) < 4.78 is 7.77. The van der Waals surface area contributed by atoms with Gasteiger partial charge < -0.3 is 8.98 Å². The Morgan fingerprint density at radius 2 is 1.95 bits per heavy atom. The van der Waals surface area contributed by atoms with E-state index in [9.17, 15) is 0 Å². The van der Waals surface area contributed by atoms with Crippen LogP contribution in [0.2, 0.25) is 0 Å². The van der Waals surface area contributed by atoms with E-state index < -0.39 is 0 Å². The first-order valence-corrected chi connectivity index (χ1v) is 6.68. The number of hydrogen-bond acceptors (Lipinski definition) is 3. The van der Waals surface area contributed by atoms with Crippen LogP contribution in [0.5, 0.6) is 0 Å². The first kappa shape index (κ1) is 12.7. The molecule has 0 amide bonds. The minimum atomic E-state index is 0.110. The summed E-state index contributed by atoms with van der Waals surface area (Å²) in [7, 11) is 0. The molecule has 1 atom stereocenters. The van der Waals surface area contributed by atoms with Crippen molar-refractivity contribution >= 4 is 0 Å². The number of imidazole rings is 1. The number of furan rings is 1.